The fourth-order valence-electron chi connectivity index (χ4n) is 3.76. The van der Waals surface area contributed by atoms with Crippen LogP contribution in [0, 0.1) is 0 Å². The van der Waals surface area contributed by atoms with Gasteiger partial charge in [-0.1, -0.05) is 23.2 Å². The van der Waals surface area contributed by atoms with Crippen LogP contribution in [0.2, 0.25) is 10.0 Å². The molecule has 33 heavy (non-hydrogen) atoms. The fraction of sp³-hybridized carbons (Fsp3) is 0.174. The summed E-state index contributed by atoms with van der Waals surface area (Å²) in [7, 11) is 2.73. The number of nitrogens with zero attached hydrogens (tertiary/aromatic N) is 2. The smallest absolute Gasteiger partial charge is 0.296 e. The van der Waals surface area contributed by atoms with Gasteiger partial charge >= 0.3 is 0 Å². The van der Waals surface area contributed by atoms with Crippen molar-refractivity contribution in [3.8, 4) is 11.5 Å². The number of aliphatic hydroxyl groups excluding tert-OH is 1. The number of furan rings is 1. The molecular weight excluding hydrogens is 471 g/mol. The lowest BCUT2D eigenvalue weighted by Crippen LogP contribution is -2.29. The van der Waals surface area contributed by atoms with Gasteiger partial charge in [0.15, 0.2) is 11.5 Å². The summed E-state index contributed by atoms with van der Waals surface area (Å²) in [6.07, 6.45) is 4.59. The average Bonchev–Trinajstić information content (AvgIpc) is 3.42. The molecule has 10 heteroatoms. The van der Waals surface area contributed by atoms with E-state index in [0.29, 0.717) is 5.76 Å². The van der Waals surface area contributed by atoms with Crippen LogP contribution in [-0.4, -0.2) is 40.9 Å². The number of likely N-dealkylation sites (tertiary alicyclic amines) is 1. The Balaban J connectivity index is 1.91. The van der Waals surface area contributed by atoms with Crippen LogP contribution in [0.5, 0.6) is 11.5 Å². The molecular formula is C23H18Cl2N2O6. The van der Waals surface area contributed by atoms with E-state index in [0.717, 1.165) is 5.56 Å². The summed E-state index contributed by atoms with van der Waals surface area (Å²) in [5.41, 5.74) is 0.600. The normalized spacial score (nSPS) is 17.5. The van der Waals surface area contributed by atoms with Gasteiger partial charge in [-0.3, -0.25) is 14.6 Å². The number of carbonyl (C=O) groups excluding carboxylic acids is 2. The number of halogens is 2. The Kier molecular flexibility index (Phi) is 6.31. The number of carbonyl (C=O) groups is 2. The second kappa shape index (κ2) is 9.17. The first-order chi connectivity index (χ1) is 15.9. The molecule has 0 aliphatic carbocycles. The minimum Gasteiger partial charge on any atom is -0.507 e. The monoisotopic (exact) mass is 488 g/mol. The van der Waals surface area contributed by atoms with E-state index in [-0.39, 0.29) is 39.2 Å². The summed E-state index contributed by atoms with van der Waals surface area (Å²) in [4.78, 5) is 31.4. The lowest BCUT2D eigenvalue weighted by molar-refractivity contribution is -0.140. The zero-order valence-corrected chi connectivity index (χ0v) is 19.1. The highest BCUT2D eigenvalue weighted by molar-refractivity contribution is 6.46. The van der Waals surface area contributed by atoms with E-state index in [9.17, 15) is 14.7 Å². The first-order valence-electron chi connectivity index (χ1n) is 9.70. The number of pyridine rings is 1. The Hall–Kier alpha value is -3.49. The minimum absolute atomic E-state index is 0.00890. The van der Waals surface area contributed by atoms with Crippen LogP contribution < -0.4 is 9.47 Å². The maximum absolute atomic E-state index is 13.1. The summed E-state index contributed by atoms with van der Waals surface area (Å²) < 4.78 is 16.1. The Morgan fingerprint density at radius 3 is 2.45 bits per heavy atom. The van der Waals surface area contributed by atoms with Gasteiger partial charge in [-0.15, -0.1) is 0 Å². The first kappa shape index (κ1) is 22.7. The van der Waals surface area contributed by atoms with E-state index in [1.807, 2.05) is 0 Å². The summed E-state index contributed by atoms with van der Waals surface area (Å²) >= 11 is 12.6. The predicted octanol–water partition coefficient (Wildman–Crippen LogP) is 4.62. The van der Waals surface area contributed by atoms with Crippen molar-refractivity contribution in [2.45, 2.75) is 12.6 Å². The van der Waals surface area contributed by atoms with Crippen LogP contribution in [0.3, 0.4) is 0 Å². The number of ether oxygens (including phenoxy) is 2. The maximum Gasteiger partial charge on any atom is 0.296 e. The molecule has 3 heterocycles. The van der Waals surface area contributed by atoms with E-state index in [1.54, 1.807) is 36.7 Å². The Labute approximate surface area is 198 Å². The zero-order chi connectivity index (χ0) is 23.7. The summed E-state index contributed by atoms with van der Waals surface area (Å²) in [5, 5.41) is 11.4. The highest BCUT2D eigenvalue weighted by Crippen LogP contribution is 2.47. The third-order valence-electron chi connectivity index (χ3n) is 5.25. The Morgan fingerprint density at radius 2 is 1.85 bits per heavy atom. The van der Waals surface area contributed by atoms with Crippen molar-refractivity contribution in [3.63, 3.8) is 0 Å². The van der Waals surface area contributed by atoms with Crippen molar-refractivity contribution >= 4 is 40.7 Å². The van der Waals surface area contributed by atoms with Crippen molar-refractivity contribution in [3.05, 3.63) is 81.5 Å². The molecule has 0 saturated carbocycles. The highest BCUT2D eigenvalue weighted by atomic mass is 35.5. The quantitative estimate of drug-likeness (QED) is 0.306. The largest absolute Gasteiger partial charge is 0.507 e. The standard InChI is InChI=1S/C23H18Cl2N2O6/c1-31-21-13(10-14(24)22(32-2)17(21)25)19(28)16-18(15-4-3-9-33-15)27(23(30)20(16)29)11-12-5-7-26-8-6-12/h3-10,18,28H,11H2,1-2H3/b19-16-. The first-order valence-corrected chi connectivity index (χ1v) is 10.5. The number of aliphatic hydroxyl groups is 1. The fourth-order valence-corrected chi connectivity index (χ4v) is 4.45. The number of Topliss-reactive ketones (excluding diaryl/α,β-unsaturated/α-hetero) is 1. The van der Waals surface area contributed by atoms with E-state index in [4.69, 9.17) is 37.1 Å². The third-order valence-corrected chi connectivity index (χ3v) is 5.87. The van der Waals surface area contributed by atoms with Gasteiger partial charge in [0.1, 0.15) is 22.6 Å². The summed E-state index contributed by atoms with van der Waals surface area (Å²) in [5.74, 6) is -1.70. The van der Waals surface area contributed by atoms with Crippen LogP contribution >= 0.6 is 23.2 Å². The van der Waals surface area contributed by atoms with E-state index in [1.165, 1.54) is 31.4 Å². The van der Waals surface area contributed by atoms with Crippen molar-refractivity contribution in [2.75, 3.05) is 14.2 Å². The van der Waals surface area contributed by atoms with E-state index >= 15 is 0 Å². The number of hydrogen-bond donors (Lipinski definition) is 1. The Bertz CT molecular complexity index is 1240. The van der Waals surface area contributed by atoms with Crippen LogP contribution in [0.1, 0.15) is 22.9 Å². The lowest BCUT2D eigenvalue weighted by atomic mass is 9.98. The van der Waals surface area contributed by atoms with E-state index in [2.05, 4.69) is 4.98 Å². The minimum atomic E-state index is -0.988. The van der Waals surface area contributed by atoms with Gasteiger partial charge in [0.2, 0.25) is 0 Å². The molecule has 1 fully saturated rings. The predicted molar refractivity (Wildman–Crippen MR) is 120 cm³/mol. The molecule has 0 bridgehead atoms. The number of aromatic nitrogens is 1. The van der Waals surface area contributed by atoms with Crippen LogP contribution in [0.25, 0.3) is 5.76 Å². The molecule has 3 aromatic rings. The van der Waals surface area contributed by atoms with Crippen LogP contribution in [-0.2, 0) is 16.1 Å². The molecule has 1 aliphatic rings. The maximum atomic E-state index is 13.1. The topological polar surface area (TPSA) is 102 Å². The molecule has 1 amide bonds. The lowest BCUT2D eigenvalue weighted by Gasteiger charge is -2.23. The number of benzene rings is 1. The zero-order valence-electron chi connectivity index (χ0n) is 17.5. The molecule has 1 aliphatic heterocycles. The van der Waals surface area contributed by atoms with Gasteiger partial charge in [-0.25, -0.2) is 0 Å². The SMILES string of the molecule is COc1c(Cl)cc(/C(O)=C2/C(=O)C(=O)N(Cc3ccncc3)C2c2ccco2)c(OC)c1Cl. The van der Waals surface area contributed by atoms with Crippen molar-refractivity contribution < 1.29 is 28.6 Å². The van der Waals surface area contributed by atoms with E-state index < -0.39 is 23.5 Å². The van der Waals surface area contributed by atoms with Gasteiger partial charge < -0.3 is 23.9 Å². The van der Waals surface area contributed by atoms with Gasteiger partial charge in [-0.2, -0.15) is 0 Å². The number of methoxy groups -OCH3 is 2. The molecule has 1 unspecified atom stereocenters. The van der Waals surface area contributed by atoms with Crippen molar-refractivity contribution in [1.29, 1.82) is 0 Å². The summed E-state index contributed by atoms with van der Waals surface area (Å²) in [6.45, 7) is 0.0937. The molecule has 2 aromatic heterocycles. The van der Waals surface area contributed by atoms with Crippen molar-refractivity contribution in [1.82, 2.24) is 9.88 Å². The highest BCUT2D eigenvalue weighted by Gasteiger charge is 2.47. The number of rotatable bonds is 6. The third kappa shape index (κ3) is 3.92. The van der Waals surface area contributed by atoms with Gasteiger partial charge in [0.25, 0.3) is 11.7 Å². The summed E-state index contributed by atoms with van der Waals surface area (Å²) in [6, 6.07) is 7.07. The number of hydrogen-bond acceptors (Lipinski definition) is 7. The molecule has 170 valence electrons. The second-order valence-electron chi connectivity index (χ2n) is 7.08. The molecule has 1 saturated heterocycles. The molecule has 1 N–H and O–H groups in total. The molecule has 0 radical (unpaired) electrons. The van der Waals surface area contributed by atoms with Gasteiger partial charge in [-0.05, 0) is 35.9 Å². The number of ketones is 1. The average molecular weight is 489 g/mol. The van der Waals surface area contributed by atoms with Gasteiger partial charge in [0.05, 0.1) is 36.6 Å². The second-order valence-corrected chi connectivity index (χ2v) is 7.87. The molecule has 8 nitrogen and oxygen atoms in total. The van der Waals surface area contributed by atoms with Crippen LogP contribution in [0.15, 0.2) is 59.0 Å². The molecule has 1 aromatic carbocycles. The Morgan fingerprint density at radius 1 is 1.15 bits per heavy atom. The number of amides is 1. The van der Waals surface area contributed by atoms with Gasteiger partial charge in [0, 0.05) is 18.9 Å². The molecule has 0 spiro atoms. The molecule has 4 rings (SSSR count). The molecule has 1 atom stereocenters. The van der Waals surface area contributed by atoms with Crippen molar-refractivity contribution in [2.24, 2.45) is 0 Å². The van der Waals surface area contributed by atoms with Crippen LogP contribution in [0.4, 0.5) is 0 Å².